The predicted molar refractivity (Wildman–Crippen MR) is 71.2 cm³/mol. The zero-order chi connectivity index (χ0) is 13.9. The number of hydrogen-bond acceptors (Lipinski definition) is 4. The maximum Gasteiger partial charge on any atom is 0.164 e. The highest BCUT2D eigenvalue weighted by Crippen LogP contribution is 2.19. The number of rotatable bonds is 3. The van der Waals surface area contributed by atoms with Gasteiger partial charge in [0.25, 0.3) is 0 Å². The lowest BCUT2D eigenvalue weighted by molar-refractivity contribution is -0.121. The minimum atomic E-state index is -0.512. The molecule has 0 saturated carbocycles. The summed E-state index contributed by atoms with van der Waals surface area (Å²) in [7, 11) is 0. The van der Waals surface area contributed by atoms with E-state index in [9.17, 15) is 9.90 Å². The van der Waals surface area contributed by atoms with Crippen LogP contribution in [0.5, 0.6) is 0 Å². The summed E-state index contributed by atoms with van der Waals surface area (Å²) in [6.45, 7) is 9.43. The molecule has 98 valence electrons. The Morgan fingerprint density at radius 1 is 1.33 bits per heavy atom. The number of carbonyl (C=O) groups is 1. The van der Waals surface area contributed by atoms with Crippen LogP contribution in [0.1, 0.15) is 51.9 Å². The van der Waals surface area contributed by atoms with Crippen LogP contribution in [0.3, 0.4) is 0 Å². The fourth-order valence-corrected chi connectivity index (χ4v) is 1.24. The summed E-state index contributed by atoms with van der Waals surface area (Å²) in [6, 6.07) is 1.70. The van der Waals surface area contributed by atoms with Gasteiger partial charge in [-0.25, -0.2) is 9.97 Å². The van der Waals surface area contributed by atoms with E-state index in [4.69, 9.17) is 0 Å². The number of aliphatic hydroxyl groups excluding tert-OH is 1. The van der Waals surface area contributed by atoms with Gasteiger partial charge in [-0.3, -0.25) is 4.79 Å². The molecule has 0 atom stereocenters. The van der Waals surface area contributed by atoms with Crippen molar-refractivity contribution in [1.82, 2.24) is 9.97 Å². The Hall–Kier alpha value is -1.71. The zero-order valence-corrected chi connectivity index (χ0v) is 11.6. The van der Waals surface area contributed by atoms with Crippen molar-refractivity contribution in [1.29, 1.82) is 0 Å². The predicted octanol–water partition coefficient (Wildman–Crippen LogP) is 3.11. The largest absolute Gasteiger partial charge is 0.506 e. The van der Waals surface area contributed by atoms with Gasteiger partial charge < -0.3 is 5.11 Å². The molecule has 0 aromatic carbocycles. The Bertz CT molecular complexity index is 471. The topological polar surface area (TPSA) is 63.1 Å². The van der Waals surface area contributed by atoms with Crippen LogP contribution in [0.2, 0.25) is 0 Å². The van der Waals surface area contributed by atoms with Crippen molar-refractivity contribution in [2.75, 3.05) is 0 Å². The van der Waals surface area contributed by atoms with Crippen LogP contribution in [-0.4, -0.2) is 20.9 Å². The number of aromatic nitrogens is 2. The van der Waals surface area contributed by atoms with E-state index < -0.39 is 5.41 Å². The number of ketones is 1. The van der Waals surface area contributed by atoms with Gasteiger partial charge in [0, 0.05) is 17.2 Å². The maximum atomic E-state index is 11.8. The highest BCUT2D eigenvalue weighted by molar-refractivity contribution is 5.98. The average molecular weight is 248 g/mol. The third-order valence-corrected chi connectivity index (χ3v) is 2.55. The van der Waals surface area contributed by atoms with Crippen LogP contribution in [0.25, 0.3) is 5.76 Å². The van der Waals surface area contributed by atoms with E-state index in [0.29, 0.717) is 5.69 Å². The summed E-state index contributed by atoms with van der Waals surface area (Å²) in [4.78, 5) is 19.9. The number of hydrogen-bond donors (Lipinski definition) is 1. The number of carbonyl (C=O) groups excluding carboxylic acids is 1. The molecule has 0 unspecified atom stereocenters. The van der Waals surface area contributed by atoms with Crippen molar-refractivity contribution < 1.29 is 9.90 Å². The van der Waals surface area contributed by atoms with E-state index >= 15 is 0 Å². The monoisotopic (exact) mass is 248 g/mol. The van der Waals surface area contributed by atoms with Gasteiger partial charge in [-0.1, -0.05) is 34.6 Å². The van der Waals surface area contributed by atoms with Crippen molar-refractivity contribution in [2.24, 2.45) is 5.41 Å². The molecular weight excluding hydrogens is 228 g/mol. The molecule has 0 bridgehead atoms. The molecular formula is C14H20N2O2. The molecule has 0 saturated heterocycles. The smallest absolute Gasteiger partial charge is 0.164 e. The van der Waals surface area contributed by atoms with Crippen molar-refractivity contribution in [2.45, 2.75) is 40.5 Å². The van der Waals surface area contributed by atoms with Gasteiger partial charge in [-0.2, -0.15) is 0 Å². The summed E-state index contributed by atoms with van der Waals surface area (Å²) in [5.74, 6) is 0.00167. The third kappa shape index (κ3) is 3.65. The minimum Gasteiger partial charge on any atom is -0.506 e. The van der Waals surface area contributed by atoms with Gasteiger partial charge in [0.1, 0.15) is 17.8 Å². The highest BCUT2D eigenvalue weighted by atomic mass is 16.3. The normalized spacial score (nSPS) is 12.9. The second-order valence-electron chi connectivity index (χ2n) is 5.63. The molecule has 0 aliphatic heterocycles. The molecule has 0 amide bonds. The van der Waals surface area contributed by atoms with Gasteiger partial charge in [0.05, 0.1) is 0 Å². The molecule has 0 radical (unpaired) electrons. The Labute approximate surface area is 108 Å². The first-order valence-corrected chi connectivity index (χ1v) is 5.99. The summed E-state index contributed by atoms with van der Waals surface area (Å²) in [5, 5.41) is 9.91. The van der Waals surface area contributed by atoms with Gasteiger partial charge in [-0.05, 0) is 12.0 Å². The van der Waals surface area contributed by atoms with E-state index in [0.717, 1.165) is 5.69 Å². The summed E-state index contributed by atoms with van der Waals surface area (Å²) < 4.78 is 0. The molecule has 1 aromatic rings. The standard InChI is InChI=1S/C14H20N2O2/c1-9(2)10-6-11(16-8-15-10)12(17)7-13(18)14(3,4)5/h6-9,17H,1-5H3. The molecule has 0 aliphatic rings. The van der Waals surface area contributed by atoms with Crippen LogP contribution < -0.4 is 0 Å². The summed E-state index contributed by atoms with van der Waals surface area (Å²) in [5.41, 5.74) is 0.705. The number of nitrogens with zero attached hydrogens (tertiary/aromatic N) is 2. The van der Waals surface area contributed by atoms with Gasteiger partial charge in [-0.15, -0.1) is 0 Å². The lowest BCUT2D eigenvalue weighted by atomic mass is 9.90. The van der Waals surface area contributed by atoms with Crippen molar-refractivity contribution in [3.63, 3.8) is 0 Å². The molecule has 1 heterocycles. The summed E-state index contributed by atoms with van der Waals surface area (Å²) in [6.07, 6.45) is 2.63. The molecule has 1 aromatic heterocycles. The molecule has 1 N–H and O–H groups in total. The molecule has 0 spiro atoms. The second kappa shape index (κ2) is 5.29. The van der Waals surface area contributed by atoms with E-state index in [2.05, 4.69) is 9.97 Å². The van der Waals surface area contributed by atoms with E-state index in [-0.39, 0.29) is 17.5 Å². The molecule has 0 aliphatic carbocycles. The first-order valence-electron chi connectivity index (χ1n) is 5.99. The second-order valence-corrected chi connectivity index (χ2v) is 5.63. The Balaban J connectivity index is 3.04. The van der Waals surface area contributed by atoms with Crippen molar-refractivity contribution >= 4 is 11.5 Å². The first-order chi connectivity index (χ1) is 8.21. The Kier molecular flexibility index (Phi) is 4.22. The molecule has 18 heavy (non-hydrogen) atoms. The first kappa shape index (κ1) is 14.4. The Morgan fingerprint density at radius 3 is 2.44 bits per heavy atom. The van der Waals surface area contributed by atoms with Gasteiger partial charge >= 0.3 is 0 Å². The van der Waals surface area contributed by atoms with Crippen molar-refractivity contribution in [3.05, 3.63) is 29.9 Å². The van der Waals surface area contributed by atoms with E-state index in [1.165, 1.54) is 12.4 Å². The number of aliphatic hydroxyl groups is 1. The van der Waals surface area contributed by atoms with E-state index in [1.807, 2.05) is 13.8 Å². The third-order valence-electron chi connectivity index (χ3n) is 2.55. The maximum absolute atomic E-state index is 11.8. The van der Waals surface area contributed by atoms with Gasteiger partial charge in [0.15, 0.2) is 5.78 Å². The SMILES string of the molecule is CC(C)c1cc(C(O)=CC(=O)C(C)(C)C)ncn1. The van der Waals surface area contributed by atoms with Crippen LogP contribution in [0, 0.1) is 5.41 Å². The highest BCUT2D eigenvalue weighted by Gasteiger charge is 2.20. The van der Waals surface area contributed by atoms with Crippen molar-refractivity contribution in [3.8, 4) is 0 Å². The van der Waals surface area contributed by atoms with Crippen LogP contribution >= 0.6 is 0 Å². The fourth-order valence-electron chi connectivity index (χ4n) is 1.24. The molecule has 0 fully saturated rings. The van der Waals surface area contributed by atoms with Crippen LogP contribution in [0.4, 0.5) is 0 Å². The van der Waals surface area contributed by atoms with E-state index in [1.54, 1.807) is 26.8 Å². The lowest BCUT2D eigenvalue weighted by Gasteiger charge is -2.13. The zero-order valence-electron chi connectivity index (χ0n) is 11.6. The van der Waals surface area contributed by atoms with Crippen LogP contribution in [-0.2, 0) is 4.79 Å². The fraction of sp³-hybridized carbons (Fsp3) is 0.500. The number of allylic oxidation sites excluding steroid dienone is 1. The quantitative estimate of drug-likeness (QED) is 0.659. The lowest BCUT2D eigenvalue weighted by Crippen LogP contribution is -2.18. The van der Waals surface area contributed by atoms with Gasteiger partial charge in [0.2, 0.25) is 0 Å². The minimum absolute atomic E-state index is 0.112. The Morgan fingerprint density at radius 2 is 1.94 bits per heavy atom. The van der Waals surface area contributed by atoms with Crippen LogP contribution in [0.15, 0.2) is 18.5 Å². The average Bonchev–Trinajstić information content (AvgIpc) is 2.27. The molecule has 4 heteroatoms. The molecule has 4 nitrogen and oxygen atoms in total. The molecule has 1 rings (SSSR count). The summed E-state index contributed by atoms with van der Waals surface area (Å²) >= 11 is 0.